The molecule has 26 heavy (non-hydrogen) atoms. The summed E-state index contributed by atoms with van der Waals surface area (Å²) >= 11 is 0. The maximum absolute atomic E-state index is 12.6. The van der Waals surface area contributed by atoms with E-state index in [0.29, 0.717) is 12.1 Å². The van der Waals surface area contributed by atoms with Gasteiger partial charge in [0.05, 0.1) is 5.56 Å². The van der Waals surface area contributed by atoms with Crippen molar-refractivity contribution in [3.8, 4) is 0 Å². The van der Waals surface area contributed by atoms with Gasteiger partial charge in [-0.15, -0.1) is 0 Å². The van der Waals surface area contributed by atoms with E-state index in [0.717, 1.165) is 49.6 Å². The number of anilines is 1. The Morgan fingerprint density at radius 1 is 0.923 bits per heavy atom. The zero-order valence-corrected chi connectivity index (χ0v) is 14.2. The molecule has 0 radical (unpaired) electrons. The van der Waals surface area contributed by atoms with Gasteiger partial charge in [0.2, 0.25) is 5.91 Å². The van der Waals surface area contributed by atoms with Crippen molar-refractivity contribution in [1.82, 2.24) is 4.90 Å². The Balaban J connectivity index is 1.54. The summed E-state index contributed by atoms with van der Waals surface area (Å²) in [5, 5.41) is 0. The molecule has 1 amide bonds. The molecule has 1 saturated heterocycles. The van der Waals surface area contributed by atoms with Crippen LogP contribution in [0.5, 0.6) is 0 Å². The third-order valence-corrected chi connectivity index (χ3v) is 4.58. The number of alkyl halides is 3. The van der Waals surface area contributed by atoms with E-state index in [-0.39, 0.29) is 0 Å². The Morgan fingerprint density at radius 3 is 2.00 bits per heavy atom. The Morgan fingerprint density at radius 2 is 1.50 bits per heavy atom. The van der Waals surface area contributed by atoms with Gasteiger partial charge in [0.15, 0.2) is 0 Å². The molecule has 2 aromatic rings. The minimum Gasteiger partial charge on any atom is -0.369 e. The third kappa shape index (κ3) is 4.35. The number of piperazine rings is 1. The number of hydrogen-bond acceptors (Lipinski definition) is 3. The molecule has 1 heterocycles. The van der Waals surface area contributed by atoms with Crippen LogP contribution in [-0.2, 0) is 12.7 Å². The lowest BCUT2D eigenvalue weighted by molar-refractivity contribution is -0.137. The van der Waals surface area contributed by atoms with E-state index >= 15 is 0 Å². The average molecular weight is 363 g/mol. The molecule has 7 heteroatoms. The van der Waals surface area contributed by atoms with Gasteiger partial charge in [-0.05, 0) is 42.0 Å². The van der Waals surface area contributed by atoms with Crippen molar-refractivity contribution in [1.29, 1.82) is 0 Å². The molecule has 2 aromatic carbocycles. The quantitative estimate of drug-likeness (QED) is 0.908. The first-order valence-corrected chi connectivity index (χ1v) is 8.36. The molecule has 0 atom stereocenters. The highest BCUT2D eigenvalue weighted by atomic mass is 19.4. The number of carbonyl (C=O) groups excluding carboxylic acids is 1. The van der Waals surface area contributed by atoms with Crippen LogP contribution in [0.3, 0.4) is 0 Å². The second-order valence-corrected chi connectivity index (χ2v) is 6.37. The molecular weight excluding hydrogens is 343 g/mol. The second kappa shape index (κ2) is 7.37. The fraction of sp³-hybridized carbons (Fsp3) is 0.316. The smallest absolute Gasteiger partial charge is 0.369 e. The monoisotopic (exact) mass is 363 g/mol. The lowest BCUT2D eigenvalue weighted by Gasteiger charge is -2.36. The van der Waals surface area contributed by atoms with Crippen molar-refractivity contribution in [3.63, 3.8) is 0 Å². The molecule has 0 aliphatic carbocycles. The fourth-order valence-corrected chi connectivity index (χ4v) is 3.06. The zero-order valence-electron chi connectivity index (χ0n) is 14.2. The van der Waals surface area contributed by atoms with Gasteiger partial charge in [-0.3, -0.25) is 9.69 Å². The van der Waals surface area contributed by atoms with Crippen molar-refractivity contribution >= 4 is 11.6 Å². The average Bonchev–Trinajstić information content (AvgIpc) is 2.62. The van der Waals surface area contributed by atoms with Crippen molar-refractivity contribution in [2.75, 3.05) is 31.1 Å². The summed E-state index contributed by atoms with van der Waals surface area (Å²) in [5.74, 6) is -0.446. The van der Waals surface area contributed by atoms with Crippen LogP contribution in [0, 0.1) is 0 Å². The van der Waals surface area contributed by atoms with Gasteiger partial charge >= 0.3 is 6.18 Å². The van der Waals surface area contributed by atoms with E-state index < -0.39 is 17.6 Å². The predicted octanol–water partition coefficient (Wildman–Crippen LogP) is 3.13. The molecule has 1 aliphatic rings. The van der Waals surface area contributed by atoms with Gasteiger partial charge in [-0.25, -0.2) is 0 Å². The molecule has 1 fully saturated rings. The van der Waals surface area contributed by atoms with Crippen molar-refractivity contribution in [2.45, 2.75) is 12.7 Å². The first-order valence-electron chi connectivity index (χ1n) is 8.36. The van der Waals surface area contributed by atoms with Crippen LogP contribution in [-0.4, -0.2) is 37.0 Å². The normalized spacial score (nSPS) is 15.9. The summed E-state index contributed by atoms with van der Waals surface area (Å²) in [6.07, 6.45) is -4.30. The number of primary amides is 1. The van der Waals surface area contributed by atoms with E-state index in [4.69, 9.17) is 5.73 Å². The molecule has 4 nitrogen and oxygen atoms in total. The Bertz CT molecular complexity index is 749. The van der Waals surface area contributed by atoms with Crippen LogP contribution in [0.4, 0.5) is 18.9 Å². The number of nitrogens with zero attached hydrogens (tertiary/aromatic N) is 2. The number of hydrogen-bond donors (Lipinski definition) is 1. The van der Waals surface area contributed by atoms with Crippen LogP contribution in [0.25, 0.3) is 0 Å². The highest BCUT2D eigenvalue weighted by Gasteiger charge is 2.30. The highest BCUT2D eigenvalue weighted by Crippen LogP contribution is 2.29. The SMILES string of the molecule is NC(=O)c1ccc(N2CCN(Cc3ccc(C(F)(F)F)cc3)CC2)cc1. The van der Waals surface area contributed by atoms with Gasteiger partial charge in [-0.1, -0.05) is 12.1 Å². The van der Waals surface area contributed by atoms with E-state index in [1.807, 2.05) is 12.1 Å². The van der Waals surface area contributed by atoms with Crippen LogP contribution >= 0.6 is 0 Å². The lowest BCUT2D eigenvalue weighted by Crippen LogP contribution is -2.45. The summed E-state index contributed by atoms with van der Waals surface area (Å²) in [5.41, 5.74) is 7.01. The van der Waals surface area contributed by atoms with Crippen LogP contribution < -0.4 is 10.6 Å². The maximum Gasteiger partial charge on any atom is 0.416 e. The standard InChI is InChI=1S/C19H20F3N3O/c20-19(21,22)16-5-1-14(2-6-16)13-24-9-11-25(12-10-24)17-7-3-15(4-8-17)18(23)26/h1-8H,9-13H2,(H2,23,26). The Kier molecular flexibility index (Phi) is 5.18. The van der Waals surface area contributed by atoms with Crippen LogP contribution in [0.1, 0.15) is 21.5 Å². The van der Waals surface area contributed by atoms with Crippen molar-refractivity contribution in [2.24, 2.45) is 5.73 Å². The predicted molar refractivity (Wildman–Crippen MR) is 93.9 cm³/mol. The van der Waals surface area contributed by atoms with Crippen LogP contribution in [0.2, 0.25) is 0 Å². The zero-order chi connectivity index (χ0) is 18.7. The maximum atomic E-state index is 12.6. The molecule has 3 rings (SSSR count). The third-order valence-electron chi connectivity index (χ3n) is 4.58. The number of carbonyl (C=O) groups is 1. The summed E-state index contributed by atoms with van der Waals surface area (Å²) in [6, 6.07) is 12.5. The van der Waals surface area contributed by atoms with E-state index in [9.17, 15) is 18.0 Å². The minimum atomic E-state index is -4.30. The minimum absolute atomic E-state index is 0.446. The van der Waals surface area contributed by atoms with Gasteiger partial charge < -0.3 is 10.6 Å². The highest BCUT2D eigenvalue weighted by molar-refractivity contribution is 5.93. The van der Waals surface area contributed by atoms with Crippen molar-refractivity contribution in [3.05, 3.63) is 65.2 Å². The molecule has 0 unspecified atom stereocenters. The lowest BCUT2D eigenvalue weighted by atomic mass is 10.1. The van der Waals surface area contributed by atoms with E-state index in [2.05, 4.69) is 9.80 Å². The number of nitrogens with two attached hydrogens (primary N) is 1. The summed E-state index contributed by atoms with van der Waals surface area (Å²) < 4.78 is 37.8. The second-order valence-electron chi connectivity index (χ2n) is 6.37. The number of benzene rings is 2. The summed E-state index contributed by atoms with van der Waals surface area (Å²) in [6.45, 7) is 3.90. The van der Waals surface area contributed by atoms with Crippen LogP contribution in [0.15, 0.2) is 48.5 Å². The molecular formula is C19H20F3N3O. The molecule has 0 saturated carbocycles. The Hall–Kier alpha value is -2.54. The fourth-order valence-electron chi connectivity index (χ4n) is 3.06. The molecule has 138 valence electrons. The van der Waals surface area contributed by atoms with Gasteiger partial charge in [0, 0.05) is 44.0 Å². The summed E-state index contributed by atoms with van der Waals surface area (Å²) in [4.78, 5) is 15.6. The summed E-state index contributed by atoms with van der Waals surface area (Å²) in [7, 11) is 0. The molecule has 0 spiro atoms. The number of amides is 1. The Labute approximate surface area is 150 Å². The largest absolute Gasteiger partial charge is 0.416 e. The van der Waals surface area contributed by atoms with E-state index in [1.165, 1.54) is 12.1 Å². The molecule has 2 N–H and O–H groups in total. The first-order chi connectivity index (χ1) is 12.3. The molecule has 0 aromatic heterocycles. The topological polar surface area (TPSA) is 49.6 Å². The van der Waals surface area contributed by atoms with Crippen molar-refractivity contribution < 1.29 is 18.0 Å². The number of halogens is 3. The molecule has 0 bridgehead atoms. The van der Waals surface area contributed by atoms with Gasteiger partial charge in [0.1, 0.15) is 0 Å². The van der Waals surface area contributed by atoms with E-state index in [1.54, 1.807) is 12.1 Å². The van der Waals surface area contributed by atoms with Gasteiger partial charge in [-0.2, -0.15) is 13.2 Å². The number of rotatable bonds is 4. The first kappa shape index (κ1) is 18.3. The van der Waals surface area contributed by atoms with Gasteiger partial charge in [0.25, 0.3) is 0 Å². The molecule has 1 aliphatic heterocycles.